The minimum atomic E-state index is -0.164. The Kier molecular flexibility index (Phi) is 2.83. The van der Waals surface area contributed by atoms with E-state index in [-0.39, 0.29) is 6.23 Å². The first-order chi connectivity index (χ1) is 11.8. The quantitative estimate of drug-likeness (QED) is 0.418. The highest BCUT2D eigenvalue weighted by Crippen LogP contribution is 2.45. The third-order valence-electron chi connectivity index (χ3n) is 4.60. The maximum absolute atomic E-state index is 6.30. The smallest absolute Gasteiger partial charge is 0.196 e. The van der Waals surface area contributed by atoms with E-state index in [1.807, 2.05) is 30.3 Å². The van der Waals surface area contributed by atoms with Gasteiger partial charge < -0.3 is 10.1 Å². The molecular formula is C21H14BNO. The molecule has 2 nitrogen and oxygen atoms in total. The van der Waals surface area contributed by atoms with E-state index in [1.54, 1.807) is 0 Å². The topological polar surface area (TPSA) is 21.3 Å². The van der Waals surface area contributed by atoms with Gasteiger partial charge in [0.2, 0.25) is 0 Å². The Labute approximate surface area is 141 Å². The van der Waals surface area contributed by atoms with E-state index >= 15 is 0 Å². The molecule has 5 rings (SSSR count). The van der Waals surface area contributed by atoms with Gasteiger partial charge in [0, 0.05) is 10.9 Å². The van der Waals surface area contributed by atoms with Gasteiger partial charge in [-0.1, -0.05) is 72.2 Å². The van der Waals surface area contributed by atoms with Gasteiger partial charge in [0.05, 0.1) is 5.69 Å². The molecule has 0 bridgehead atoms. The Morgan fingerprint density at radius 3 is 2.46 bits per heavy atom. The standard InChI is InChI=1S/C21H14BNO/c22-16-10-8-13-6-7-14-9-11-18-20(19(14)17(13)12-16)24-21(23-18)15-4-2-1-3-5-15/h1-12,21,23H. The zero-order chi connectivity index (χ0) is 16.1. The van der Waals surface area contributed by atoms with Gasteiger partial charge in [0.25, 0.3) is 0 Å². The number of ether oxygens (including phenoxy) is 1. The van der Waals surface area contributed by atoms with E-state index in [0.717, 1.165) is 44.0 Å². The first-order valence-electron chi connectivity index (χ1n) is 8.03. The van der Waals surface area contributed by atoms with Crippen LogP contribution in [0, 0.1) is 0 Å². The third kappa shape index (κ3) is 1.98. The Morgan fingerprint density at radius 1 is 0.833 bits per heavy atom. The van der Waals surface area contributed by atoms with Crippen molar-refractivity contribution in [3.8, 4) is 5.75 Å². The lowest BCUT2D eigenvalue weighted by atomic mass is 9.91. The van der Waals surface area contributed by atoms with Gasteiger partial charge in [-0.2, -0.15) is 0 Å². The number of hydrogen-bond donors (Lipinski definition) is 1. The third-order valence-corrected chi connectivity index (χ3v) is 4.60. The molecule has 4 aromatic carbocycles. The van der Waals surface area contributed by atoms with Gasteiger partial charge in [-0.15, -0.1) is 0 Å². The lowest BCUT2D eigenvalue weighted by molar-refractivity contribution is 0.263. The van der Waals surface area contributed by atoms with Gasteiger partial charge in [-0.3, -0.25) is 0 Å². The molecule has 1 atom stereocenters. The molecule has 0 saturated carbocycles. The predicted octanol–water partition coefficient (Wildman–Crippen LogP) is 4.29. The van der Waals surface area contributed by atoms with E-state index in [9.17, 15) is 0 Å². The van der Waals surface area contributed by atoms with Crippen LogP contribution in [-0.2, 0) is 0 Å². The molecule has 0 amide bonds. The summed E-state index contributed by atoms with van der Waals surface area (Å²) in [6, 6.07) is 24.7. The summed E-state index contributed by atoms with van der Waals surface area (Å²) in [7, 11) is 6.02. The van der Waals surface area contributed by atoms with Crippen molar-refractivity contribution in [2.45, 2.75) is 6.23 Å². The van der Waals surface area contributed by atoms with Crippen molar-refractivity contribution in [3.63, 3.8) is 0 Å². The summed E-state index contributed by atoms with van der Waals surface area (Å²) in [4.78, 5) is 0. The molecule has 0 saturated heterocycles. The highest BCUT2D eigenvalue weighted by Gasteiger charge is 2.25. The molecule has 1 heterocycles. The lowest BCUT2D eigenvalue weighted by Gasteiger charge is -2.12. The zero-order valence-corrected chi connectivity index (χ0v) is 13.0. The number of fused-ring (bicyclic) bond motifs is 5. The van der Waals surface area contributed by atoms with Gasteiger partial charge in [-0.05, 0) is 22.2 Å². The molecule has 4 aromatic rings. The second-order valence-electron chi connectivity index (χ2n) is 6.14. The maximum Gasteiger partial charge on any atom is 0.196 e. The fraction of sp³-hybridized carbons (Fsp3) is 0.0476. The van der Waals surface area contributed by atoms with Crippen molar-refractivity contribution in [1.29, 1.82) is 0 Å². The molecule has 0 spiro atoms. The van der Waals surface area contributed by atoms with Crippen LogP contribution in [-0.4, -0.2) is 7.85 Å². The predicted molar refractivity (Wildman–Crippen MR) is 100 cm³/mol. The Balaban J connectivity index is 1.74. The van der Waals surface area contributed by atoms with Crippen molar-refractivity contribution >= 4 is 40.5 Å². The second kappa shape index (κ2) is 5.03. The molecule has 1 unspecified atom stereocenters. The molecule has 1 aliphatic rings. The molecule has 24 heavy (non-hydrogen) atoms. The van der Waals surface area contributed by atoms with Crippen molar-refractivity contribution in [2.24, 2.45) is 0 Å². The summed E-state index contributed by atoms with van der Waals surface area (Å²) in [5.74, 6) is 0.901. The normalized spacial score (nSPS) is 15.9. The van der Waals surface area contributed by atoms with Gasteiger partial charge >= 0.3 is 0 Å². The van der Waals surface area contributed by atoms with Crippen LogP contribution in [0.25, 0.3) is 21.5 Å². The Bertz CT molecular complexity index is 1080. The molecule has 0 aromatic heterocycles. The average molecular weight is 307 g/mol. The Hall–Kier alpha value is -2.94. The second-order valence-corrected chi connectivity index (χ2v) is 6.14. The molecule has 1 N–H and O–H groups in total. The molecule has 0 aliphatic carbocycles. The Morgan fingerprint density at radius 2 is 1.58 bits per heavy atom. The molecule has 2 radical (unpaired) electrons. The average Bonchev–Trinajstić information content (AvgIpc) is 3.06. The van der Waals surface area contributed by atoms with Crippen LogP contribution >= 0.6 is 0 Å². The number of benzene rings is 4. The van der Waals surface area contributed by atoms with Crippen LogP contribution in [0.3, 0.4) is 0 Å². The number of hydrogen-bond acceptors (Lipinski definition) is 2. The molecule has 0 fully saturated rings. The molecule has 3 heteroatoms. The summed E-state index contributed by atoms with van der Waals surface area (Å²) in [5, 5.41) is 8.03. The summed E-state index contributed by atoms with van der Waals surface area (Å²) >= 11 is 0. The molecule has 112 valence electrons. The fourth-order valence-electron chi connectivity index (χ4n) is 3.43. The highest BCUT2D eigenvalue weighted by molar-refractivity contribution is 6.34. The minimum absolute atomic E-state index is 0.164. The fourth-order valence-corrected chi connectivity index (χ4v) is 3.43. The van der Waals surface area contributed by atoms with Crippen LogP contribution < -0.4 is 15.5 Å². The maximum atomic E-state index is 6.30. The van der Waals surface area contributed by atoms with Crippen LogP contribution in [0.4, 0.5) is 5.69 Å². The van der Waals surface area contributed by atoms with Gasteiger partial charge in [-0.25, -0.2) is 0 Å². The van der Waals surface area contributed by atoms with Crippen molar-refractivity contribution in [2.75, 3.05) is 5.32 Å². The number of anilines is 1. The highest BCUT2D eigenvalue weighted by atomic mass is 16.5. The molecule has 1 aliphatic heterocycles. The minimum Gasteiger partial charge on any atom is -0.464 e. The van der Waals surface area contributed by atoms with E-state index in [2.05, 4.69) is 47.8 Å². The van der Waals surface area contributed by atoms with E-state index in [0.29, 0.717) is 0 Å². The van der Waals surface area contributed by atoms with E-state index < -0.39 is 0 Å². The van der Waals surface area contributed by atoms with Crippen LogP contribution in [0.5, 0.6) is 5.75 Å². The van der Waals surface area contributed by atoms with Crippen LogP contribution in [0.2, 0.25) is 0 Å². The lowest BCUT2D eigenvalue weighted by Crippen LogP contribution is -2.09. The monoisotopic (exact) mass is 307 g/mol. The number of rotatable bonds is 1. The van der Waals surface area contributed by atoms with Gasteiger partial charge in [0.15, 0.2) is 12.0 Å². The van der Waals surface area contributed by atoms with Crippen LogP contribution in [0.1, 0.15) is 11.8 Å². The van der Waals surface area contributed by atoms with Crippen molar-refractivity contribution in [1.82, 2.24) is 0 Å². The summed E-state index contributed by atoms with van der Waals surface area (Å²) in [6.07, 6.45) is -0.164. The summed E-state index contributed by atoms with van der Waals surface area (Å²) in [5.41, 5.74) is 2.89. The van der Waals surface area contributed by atoms with E-state index in [4.69, 9.17) is 12.6 Å². The largest absolute Gasteiger partial charge is 0.464 e. The SMILES string of the molecule is [B]c1ccc2ccc3ccc4c(c3c2c1)OC(c1ccccc1)N4. The van der Waals surface area contributed by atoms with Crippen molar-refractivity contribution in [3.05, 3.63) is 78.4 Å². The summed E-state index contributed by atoms with van der Waals surface area (Å²) < 4.78 is 6.30. The number of nitrogens with one attached hydrogen (secondary N) is 1. The summed E-state index contributed by atoms with van der Waals surface area (Å²) in [6.45, 7) is 0. The van der Waals surface area contributed by atoms with Crippen molar-refractivity contribution < 1.29 is 4.74 Å². The van der Waals surface area contributed by atoms with Crippen LogP contribution in [0.15, 0.2) is 72.8 Å². The first kappa shape index (κ1) is 13.5. The molecular weight excluding hydrogens is 293 g/mol. The first-order valence-corrected chi connectivity index (χ1v) is 8.03. The van der Waals surface area contributed by atoms with Gasteiger partial charge in [0.1, 0.15) is 7.85 Å². The van der Waals surface area contributed by atoms with E-state index in [1.165, 1.54) is 0 Å². The zero-order valence-electron chi connectivity index (χ0n) is 13.0.